The first kappa shape index (κ1) is 15.4. The van der Waals surface area contributed by atoms with Crippen molar-refractivity contribution in [3.05, 3.63) is 68.6 Å². The van der Waals surface area contributed by atoms with Gasteiger partial charge in [-0.15, -0.1) is 11.3 Å². The number of aryl methyl sites for hydroxylation is 2. The van der Waals surface area contributed by atoms with Gasteiger partial charge >= 0.3 is 0 Å². The van der Waals surface area contributed by atoms with Crippen LogP contribution in [-0.2, 0) is 0 Å². The summed E-state index contributed by atoms with van der Waals surface area (Å²) in [5.41, 5.74) is 1.95. The number of halogens is 3. The number of thiophene rings is 1. The Morgan fingerprint density at radius 3 is 2.32 bits per heavy atom. The minimum atomic E-state index is -0.964. The molecule has 0 spiro atoms. The maximum absolute atomic E-state index is 13.4. The second-order valence-electron chi connectivity index (χ2n) is 5.28. The Labute approximate surface area is 135 Å². The van der Waals surface area contributed by atoms with Gasteiger partial charge in [0.15, 0.2) is 0 Å². The van der Waals surface area contributed by atoms with Gasteiger partial charge in [0.05, 0.1) is 9.90 Å². The van der Waals surface area contributed by atoms with E-state index < -0.39 is 6.10 Å². The molecule has 0 amide bonds. The van der Waals surface area contributed by atoms with Gasteiger partial charge in [0, 0.05) is 10.1 Å². The standard InChI is InChI=1S/C17H13ClF2OS/c1-8-5-11(20)6-9(2)14(8)16(21)17-15(18)12-4-3-10(19)7-13(12)22-17/h3-7,16,21H,1-2H3. The third-order valence-corrected chi connectivity index (χ3v) is 5.42. The van der Waals surface area contributed by atoms with E-state index in [1.165, 1.54) is 35.6 Å². The van der Waals surface area contributed by atoms with Gasteiger partial charge in [-0.25, -0.2) is 8.78 Å². The highest BCUT2D eigenvalue weighted by molar-refractivity contribution is 7.19. The van der Waals surface area contributed by atoms with Crippen molar-refractivity contribution in [1.82, 2.24) is 0 Å². The van der Waals surface area contributed by atoms with Crippen molar-refractivity contribution >= 4 is 33.0 Å². The van der Waals surface area contributed by atoms with Gasteiger partial charge in [-0.2, -0.15) is 0 Å². The van der Waals surface area contributed by atoms with Crippen molar-refractivity contribution in [3.63, 3.8) is 0 Å². The summed E-state index contributed by atoms with van der Waals surface area (Å²) < 4.78 is 27.4. The van der Waals surface area contributed by atoms with Crippen molar-refractivity contribution in [3.8, 4) is 0 Å². The van der Waals surface area contributed by atoms with Gasteiger partial charge in [0.25, 0.3) is 0 Å². The summed E-state index contributed by atoms with van der Waals surface area (Å²) in [6, 6.07) is 7.10. The number of aliphatic hydroxyl groups is 1. The summed E-state index contributed by atoms with van der Waals surface area (Å²) in [6.07, 6.45) is -0.964. The average Bonchev–Trinajstić information content (AvgIpc) is 2.74. The van der Waals surface area contributed by atoms with Crippen molar-refractivity contribution < 1.29 is 13.9 Å². The molecule has 3 aromatic rings. The third-order valence-electron chi connectivity index (χ3n) is 3.70. The molecule has 0 saturated carbocycles. The predicted octanol–water partition coefficient (Wildman–Crippen LogP) is 5.53. The van der Waals surface area contributed by atoms with Crippen LogP contribution >= 0.6 is 22.9 Å². The fourth-order valence-electron chi connectivity index (χ4n) is 2.72. The molecule has 2 aromatic carbocycles. The number of fused-ring (bicyclic) bond motifs is 1. The van der Waals surface area contributed by atoms with Gasteiger partial charge in [-0.05, 0) is 60.9 Å². The van der Waals surface area contributed by atoms with Crippen molar-refractivity contribution in [2.75, 3.05) is 0 Å². The van der Waals surface area contributed by atoms with Crippen LogP contribution < -0.4 is 0 Å². The molecular formula is C17H13ClF2OS. The van der Waals surface area contributed by atoms with Gasteiger partial charge in [0.2, 0.25) is 0 Å². The molecule has 1 heterocycles. The lowest BCUT2D eigenvalue weighted by molar-refractivity contribution is 0.222. The largest absolute Gasteiger partial charge is 0.383 e. The van der Waals surface area contributed by atoms with E-state index in [4.69, 9.17) is 11.6 Å². The monoisotopic (exact) mass is 338 g/mol. The summed E-state index contributed by atoms with van der Waals surface area (Å²) in [5.74, 6) is -0.684. The van der Waals surface area contributed by atoms with Crippen LogP contribution in [0.5, 0.6) is 0 Å². The maximum Gasteiger partial charge on any atom is 0.124 e. The number of hydrogen-bond donors (Lipinski definition) is 1. The summed E-state index contributed by atoms with van der Waals surface area (Å²) in [5, 5.41) is 11.8. The van der Waals surface area contributed by atoms with Crippen LogP contribution in [0.3, 0.4) is 0 Å². The smallest absolute Gasteiger partial charge is 0.124 e. The lowest BCUT2D eigenvalue weighted by atomic mass is 9.96. The van der Waals surface area contributed by atoms with Crippen LogP contribution in [-0.4, -0.2) is 5.11 Å². The zero-order chi connectivity index (χ0) is 16.0. The molecule has 0 bridgehead atoms. The molecule has 1 nitrogen and oxygen atoms in total. The van der Waals surface area contributed by atoms with Crippen LogP contribution in [0.1, 0.15) is 27.7 Å². The molecule has 0 aliphatic carbocycles. The fourth-order valence-corrected chi connectivity index (χ4v) is 4.28. The highest BCUT2D eigenvalue weighted by Crippen LogP contribution is 2.42. The molecule has 5 heteroatoms. The van der Waals surface area contributed by atoms with E-state index in [2.05, 4.69) is 0 Å². The highest BCUT2D eigenvalue weighted by Gasteiger charge is 2.22. The number of aliphatic hydroxyl groups excluding tert-OH is 1. The summed E-state index contributed by atoms with van der Waals surface area (Å²) in [7, 11) is 0. The quantitative estimate of drug-likeness (QED) is 0.651. The molecule has 0 aliphatic rings. The van der Waals surface area contributed by atoms with Gasteiger partial charge < -0.3 is 5.11 Å². The Hall–Kier alpha value is -1.49. The normalized spacial score (nSPS) is 12.8. The Morgan fingerprint density at radius 2 is 1.68 bits per heavy atom. The zero-order valence-electron chi connectivity index (χ0n) is 12.0. The van der Waals surface area contributed by atoms with Crippen LogP contribution in [0.25, 0.3) is 10.1 Å². The predicted molar refractivity (Wildman–Crippen MR) is 86.7 cm³/mol. The number of benzene rings is 2. The molecule has 0 radical (unpaired) electrons. The van der Waals surface area contributed by atoms with E-state index in [1.54, 1.807) is 19.9 Å². The minimum Gasteiger partial charge on any atom is -0.383 e. The lowest BCUT2D eigenvalue weighted by Crippen LogP contribution is -2.04. The highest BCUT2D eigenvalue weighted by atomic mass is 35.5. The van der Waals surface area contributed by atoms with Gasteiger partial charge in [-0.1, -0.05) is 11.6 Å². The SMILES string of the molecule is Cc1cc(F)cc(C)c1C(O)c1sc2cc(F)ccc2c1Cl. The first-order valence-electron chi connectivity index (χ1n) is 6.70. The Morgan fingerprint density at radius 1 is 1.05 bits per heavy atom. The molecular weight excluding hydrogens is 326 g/mol. The third kappa shape index (κ3) is 2.51. The molecule has 0 aliphatic heterocycles. The molecule has 1 unspecified atom stereocenters. The van der Waals surface area contributed by atoms with Gasteiger partial charge in [0.1, 0.15) is 17.7 Å². The van der Waals surface area contributed by atoms with Gasteiger partial charge in [-0.3, -0.25) is 0 Å². The fraction of sp³-hybridized carbons (Fsp3) is 0.176. The van der Waals surface area contributed by atoms with E-state index in [0.29, 0.717) is 36.7 Å². The summed E-state index contributed by atoms with van der Waals surface area (Å²) in [6.45, 7) is 3.49. The number of rotatable bonds is 2. The minimum absolute atomic E-state index is 0.338. The molecule has 3 rings (SSSR count). The molecule has 1 aromatic heterocycles. The molecule has 114 valence electrons. The van der Waals surface area contributed by atoms with Crippen LogP contribution in [0.2, 0.25) is 5.02 Å². The molecule has 1 atom stereocenters. The summed E-state index contributed by atoms with van der Waals surface area (Å²) in [4.78, 5) is 0.542. The maximum atomic E-state index is 13.4. The van der Waals surface area contributed by atoms with E-state index in [9.17, 15) is 13.9 Å². The second kappa shape index (κ2) is 5.61. The van der Waals surface area contributed by atoms with E-state index >= 15 is 0 Å². The summed E-state index contributed by atoms with van der Waals surface area (Å²) >= 11 is 7.59. The van der Waals surface area contributed by atoms with E-state index in [1.807, 2.05) is 0 Å². The topological polar surface area (TPSA) is 20.2 Å². The van der Waals surface area contributed by atoms with E-state index in [0.717, 1.165) is 0 Å². The van der Waals surface area contributed by atoms with E-state index in [-0.39, 0.29) is 11.6 Å². The molecule has 1 N–H and O–H groups in total. The molecule has 22 heavy (non-hydrogen) atoms. The first-order chi connectivity index (χ1) is 10.4. The van der Waals surface area contributed by atoms with Crippen LogP contribution in [0.15, 0.2) is 30.3 Å². The Bertz CT molecular complexity index is 849. The van der Waals surface area contributed by atoms with Crippen molar-refractivity contribution in [2.45, 2.75) is 20.0 Å². The number of hydrogen-bond acceptors (Lipinski definition) is 2. The Kier molecular flexibility index (Phi) is 3.93. The van der Waals surface area contributed by atoms with Crippen LogP contribution in [0.4, 0.5) is 8.78 Å². The zero-order valence-corrected chi connectivity index (χ0v) is 13.5. The molecule has 0 fully saturated rings. The van der Waals surface area contributed by atoms with Crippen LogP contribution in [0, 0.1) is 25.5 Å². The molecule has 0 saturated heterocycles. The Balaban J connectivity index is 2.17. The first-order valence-corrected chi connectivity index (χ1v) is 7.90. The van der Waals surface area contributed by atoms with Crippen molar-refractivity contribution in [2.24, 2.45) is 0 Å². The average molecular weight is 339 g/mol. The lowest BCUT2D eigenvalue weighted by Gasteiger charge is -2.16. The van der Waals surface area contributed by atoms with Crippen molar-refractivity contribution in [1.29, 1.82) is 0 Å². The second-order valence-corrected chi connectivity index (χ2v) is 6.74.